The second-order valence-electron chi connectivity index (χ2n) is 2.94. The van der Waals surface area contributed by atoms with Crippen LogP contribution in [0.5, 0.6) is 0 Å². The van der Waals surface area contributed by atoms with E-state index in [0.29, 0.717) is 6.04 Å². The smallest absolute Gasteiger partial charge is 0.205 e. The number of aromatic nitrogens is 2. The lowest BCUT2D eigenvalue weighted by molar-refractivity contribution is 0.326. The molecule has 0 amide bonds. The summed E-state index contributed by atoms with van der Waals surface area (Å²) >= 11 is 1.52. The number of rotatable bonds is 4. The molecule has 0 saturated carbocycles. The van der Waals surface area contributed by atoms with Gasteiger partial charge >= 0.3 is 0 Å². The molecule has 0 aliphatic rings. The predicted molar refractivity (Wildman–Crippen MR) is 51.5 cm³/mol. The first kappa shape index (κ1) is 9.41. The molecule has 1 unspecified atom stereocenters. The summed E-state index contributed by atoms with van der Waals surface area (Å²) in [4.78, 5) is 2.16. The van der Waals surface area contributed by atoms with E-state index in [0.717, 1.165) is 11.7 Å². The maximum atomic E-state index is 3.89. The van der Waals surface area contributed by atoms with Crippen molar-refractivity contribution in [2.24, 2.45) is 0 Å². The van der Waals surface area contributed by atoms with Gasteiger partial charge in [0.25, 0.3) is 0 Å². The minimum absolute atomic E-state index is 0.508. The van der Waals surface area contributed by atoms with Crippen molar-refractivity contribution in [2.45, 2.75) is 13.0 Å². The second kappa shape index (κ2) is 4.37. The van der Waals surface area contributed by atoms with Crippen molar-refractivity contribution in [3.8, 4) is 0 Å². The number of nitrogens with zero attached hydrogens (tertiary/aromatic N) is 3. The van der Waals surface area contributed by atoms with E-state index in [-0.39, 0.29) is 0 Å². The molecule has 0 radical (unpaired) electrons. The summed E-state index contributed by atoms with van der Waals surface area (Å²) in [5.74, 6) is 0. The van der Waals surface area contributed by atoms with Crippen LogP contribution in [0.3, 0.4) is 0 Å². The highest BCUT2D eigenvalue weighted by Gasteiger charge is 2.04. The molecule has 12 heavy (non-hydrogen) atoms. The van der Waals surface area contributed by atoms with E-state index in [9.17, 15) is 0 Å². The van der Waals surface area contributed by atoms with Crippen molar-refractivity contribution in [3.05, 3.63) is 5.51 Å². The van der Waals surface area contributed by atoms with Gasteiger partial charge in [-0.2, -0.15) is 0 Å². The third-order valence-corrected chi connectivity index (χ3v) is 2.44. The van der Waals surface area contributed by atoms with Gasteiger partial charge in [-0.3, -0.25) is 0 Å². The van der Waals surface area contributed by atoms with Crippen LogP contribution in [0.25, 0.3) is 0 Å². The first-order valence-corrected chi connectivity index (χ1v) is 4.74. The summed E-state index contributed by atoms with van der Waals surface area (Å²) in [6.45, 7) is 3.07. The van der Waals surface area contributed by atoms with Crippen molar-refractivity contribution in [1.29, 1.82) is 0 Å². The van der Waals surface area contributed by atoms with Gasteiger partial charge in [0.2, 0.25) is 5.13 Å². The molecule has 4 nitrogen and oxygen atoms in total. The molecule has 0 aliphatic heterocycles. The molecular weight excluding hydrogens is 172 g/mol. The van der Waals surface area contributed by atoms with Gasteiger partial charge in [0.05, 0.1) is 0 Å². The molecule has 0 spiro atoms. The Hall–Kier alpha value is -0.680. The van der Waals surface area contributed by atoms with Gasteiger partial charge in [0, 0.05) is 12.6 Å². The van der Waals surface area contributed by atoms with Crippen LogP contribution >= 0.6 is 11.3 Å². The lowest BCUT2D eigenvalue weighted by Crippen LogP contribution is -2.31. The fraction of sp³-hybridized carbons (Fsp3) is 0.714. The number of anilines is 1. The van der Waals surface area contributed by atoms with Gasteiger partial charge in [0.15, 0.2) is 0 Å². The molecular formula is C7H14N4S. The molecule has 1 heterocycles. The maximum Gasteiger partial charge on any atom is 0.205 e. The van der Waals surface area contributed by atoms with Gasteiger partial charge < -0.3 is 10.2 Å². The van der Waals surface area contributed by atoms with E-state index < -0.39 is 0 Å². The normalized spacial score (nSPS) is 13.3. The Bertz CT molecular complexity index is 209. The molecule has 68 valence electrons. The molecule has 0 bridgehead atoms. The monoisotopic (exact) mass is 186 g/mol. The van der Waals surface area contributed by atoms with Gasteiger partial charge in [-0.1, -0.05) is 11.3 Å². The van der Waals surface area contributed by atoms with E-state index >= 15 is 0 Å². The first-order chi connectivity index (χ1) is 5.70. The molecule has 0 saturated heterocycles. The third-order valence-electron chi connectivity index (χ3n) is 1.79. The highest BCUT2D eigenvalue weighted by molar-refractivity contribution is 7.13. The number of likely N-dealkylation sites (N-methyl/N-ethyl adjacent to an activating group) is 1. The Labute approximate surface area is 76.6 Å². The SMILES string of the molecule is CC(CNc1nncs1)N(C)C. The Morgan fingerprint density at radius 3 is 2.92 bits per heavy atom. The van der Waals surface area contributed by atoms with Crippen molar-refractivity contribution < 1.29 is 0 Å². The van der Waals surface area contributed by atoms with E-state index in [2.05, 4.69) is 41.4 Å². The Balaban J connectivity index is 2.27. The van der Waals surface area contributed by atoms with Gasteiger partial charge in [-0.25, -0.2) is 0 Å². The number of hydrogen-bond acceptors (Lipinski definition) is 5. The molecule has 0 aromatic carbocycles. The van der Waals surface area contributed by atoms with Crippen LogP contribution < -0.4 is 5.32 Å². The summed E-state index contributed by atoms with van der Waals surface area (Å²) < 4.78 is 0. The van der Waals surface area contributed by atoms with E-state index in [1.165, 1.54) is 11.3 Å². The average Bonchev–Trinajstić information content (AvgIpc) is 2.51. The van der Waals surface area contributed by atoms with Crippen molar-refractivity contribution in [1.82, 2.24) is 15.1 Å². The first-order valence-electron chi connectivity index (χ1n) is 3.86. The molecule has 1 atom stereocenters. The molecule has 0 aliphatic carbocycles. The number of nitrogens with one attached hydrogen (secondary N) is 1. The molecule has 0 fully saturated rings. The third kappa shape index (κ3) is 2.75. The summed E-state index contributed by atoms with van der Waals surface area (Å²) in [6.07, 6.45) is 0. The summed E-state index contributed by atoms with van der Waals surface area (Å²) in [5.41, 5.74) is 1.72. The molecule has 5 heteroatoms. The van der Waals surface area contributed by atoms with Crippen molar-refractivity contribution in [2.75, 3.05) is 26.0 Å². The summed E-state index contributed by atoms with van der Waals surface area (Å²) in [5, 5.41) is 11.7. The van der Waals surface area contributed by atoms with Crippen LogP contribution in [0.15, 0.2) is 5.51 Å². The topological polar surface area (TPSA) is 41.1 Å². The van der Waals surface area contributed by atoms with E-state index in [1.807, 2.05) is 0 Å². The second-order valence-corrected chi connectivity index (χ2v) is 3.77. The quantitative estimate of drug-likeness (QED) is 0.758. The Morgan fingerprint density at radius 1 is 1.67 bits per heavy atom. The number of hydrogen-bond donors (Lipinski definition) is 1. The molecule has 1 aromatic heterocycles. The lowest BCUT2D eigenvalue weighted by Gasteiger charge is -2.19. The fourth-order valence-corrected chi connectivity index (χ4v) is 1.12. The van der Waals surface area contributed by atoms with Gasteiger partial charge in [-0.05, 0) is 21.0 Å². The minimum atomic E-state index is 0.508. The van der Waals surface area contributed by atoms with Crippen LogP contribution in [0.2, 0.25) is 0 Å². The summed E-state index contributed by atoms with van der Waals surface area (Å²) in [6, 6.07) is 0.508. The highest BCUT2D eigenvalue weighted by atomic mass is 32.1. The predicted octanol–water partition coefficient (Wildman–Crippen LogP) is 0.900. The maximum absolute atomic E-state index is 3.89. The lowest BCUT2D eigenvalue weighted by atomic mass is 10.3. The van der Waals surface area contributed by atoms with Crippen molar-refractivity contribution >= 4 is 16.5 Å². The van der Waals surface area contributed by atoms with Crippen LogP contribution in [0.1, 0.15) is 6.92 Å². The van der Waals surface area contributed by atoms with Crippen LogP contribution in [0.4, 0.5) is 5.13 Å². The molecule has 1 aromatic rings. The van der Waals surface area contributed by atoms with E-state index in [4.69, 9.17) is 0 Å². The van der Waals surface area contributed by atoms with Crippen LogP contribution in [-0.4, -0.2) is 41.8 Å². The van der Waals surface area contributed by atoms with E-state index in [1.54, 1.807) is 5.51 Å². The molecule has 1 rings (SSSR count). The van der Waals surface area contributed by atoms with Crippen LogP contribution in [-0.2, 0) is 0 Å². The fourth-order valence-electron chi connectivity index (χ4n) is 0.668. The van der Waals surface area contributed by atoms with Gasteiger partial charge in [0.1, 0.15) is 5.51 Å². The largest absolute Gasteiger partial charge is 0.359 e. The minimum Gasteiger partial charge on any atom is -0.359 e. The Morgan fingerprint density at radius 2 is 2.42 bits per heavy atom. The van der Waals surface area contributed by atoms with Crippen LogP contribution in [0, 0.1) is 0 Å². The highest BCUT2D eigenvalue weighted by Crippen LogP contribution is 2.07. The zero-order chi connectivity index (χ0) is 8.97. The van der Waals surface area contributed by atoms with Gasteiger partial charge in [-0.15, -0.1) is 10.2 Å². The van der Waals surface area contributed by atoms with Crippen molar-refractivity contribution in [3.63, 3.8) is 0 Å². The Kier molecular flexibility index (Phi) is 3.43. The average molecular weight is 186 g/mol. The zero-order valence-corrected chi connectivity index (χ0v) is 8.43. The standard InChI is InChI=1S/C7H14N4S/c1-6(11(2)3)4-8-7-10-9-5-12-7/h5-6H,4H2,1-3H3,(H,8,10). The zero-order valence-electron chi connectivity index (χ0n) is 7.61. The summed E-state index contributed by atoms with van der Waals surface area (Å²) in [7, 11) is 4.12. The molecule has 1 N–H and O–H groups in total.